The van der Waals surface area contributed by atoms with Crippen molar-refractivity contribution in [1.82, 2.24) is 9.55 Å². The van der Waals surface area contributed by atoms with E-state index in [1.54, 1.807) is 24.3 Å². The van der Waals surface area contributed by atoms with Crippen LogP contribution in [0, 0.1) is 25.2 Å². The largest absolute Gasteiger partial charge is 0.383 e. The number of thioether (sulfide) groups is 1. The van der Waals surface area contributed by atoms with Crippen LogP contribution in [0.2, 0.25) is 0 Å². The first-order valence-electron chi connectivity index (χ1n) is 11.4. The first kappa shape index (κ1) is 24.5. The minimum Gasteiger partial charge on any atom is -0.383 e. The van der Waals surface area contributed by atoms with E-state index in [9.17, 15) is 14.9 Å². The van der Waals surface area contributed by atoms with Gasteiger partial charge in [0.1, 0.15) is 16.9 Å². The van der Waals surface area contributed by atoms with Gasteiger partial charge in [-0.2, -0.15) is 5.26 Å². The summed E-state index contributed by atoms with van der Waals surface area (Å²) in [5.41, 5.74) is 9.53. The molecular formula is C26H27N5O3S. The molecule has 0 radical (unpaired) electrons. The normalized spacial score (nSPS) is 15.1. The van der Waals surface area contributed by atoms with Gasteiger partial charge in [-0.3, -0.25) is 9.59 Å². The number of hydrogen-bond acceptors (Lipinski definition) is 7. The number of nitrogen functional groups attached to an aromatic ring is 1. The number of nitrogens with two attached hydrogens (primary N) is 1. The van der Waals surface area contributed by atoms with Crippen molar-refractivity contribution in [3.8, 4) is 6.07 Å². The van der Waals surface area contributed by atoms with Crippen molar-refractivity contribution in [2.75, 3.05) is 23.4 Å². The third-order valence-corrected chi connectivity index (χ3v) is 7.03. The standard InChI is InChI=1S/C26H27N5O3S/c1-16-11-21(17(2)31(16)14-20-9-6-10-34-20)23(32)15-35-26-18(13-27)12-22(24(28)30-26)25(33)29-19-7-4-3-5-8-19/h3-5,7-8,11-12,20H,6,9-10,14-15H2,1-2H3,(H2,28,30)(H,29,33). The van der Waals surface area contributed by atoms with E-state index in [0.717, 1.165) is 49.1 Å². The van der Waals surface area contributed by atoms with Crippen molar-refractivity contribution < 1.29 is 14.3 Å². The molecule has 0 aliphatic carbocycles. The zero-order chi connectivity index (χ0) is 24.9. The highest BCUT2D eigenvalue weighted by Crippen LogP contribution is 2.27. The van der Waals surface area contributed by atoms with Crippen molar-refractivity contribution in [1.29, 1.82) is 5.26 Å². The lowest BCUT2D eigenvalue weighted by Crippen LogP contribution is -2.17. The lowest BCUT2D eigenvalue weighted by Gasteiger charge is -2.14. The molecule has 0 spiro atoms. The van der Waals surface area contributed by atoms with Crippen LogP contribution in [0.15, 0.2) is 47.5 Å². The van der Waals surface area contributed by atoms with Gasteiger partial charge in [-0.15, -0.1) is 0 Å². The summed E-state index contributed by atoms with van der Waals surface area (Å²) in [4.78, 5) is 30.0. The molecule has 1 saturated heterocycles. The second-order valence-electron chi connectivity index (χ2n) is 8.45. The van der Waals surface area contributed by atoms with Crippen LogP contribution < -0.4 is 11.1 Å². The molecular weight excluding hydrogens is 462 g/mol. The highest BCUT2D eigenvalue weighted by atomic mass is 32.2. The maximum atomic E-state index is 13.0. The predicted octanol–water partition coefficient (Wildman–Crippen LogP) is 4.36. The Kier molecular flexibility index (Phi) is 7.54. The van der Waals surface area contributed by atoms with Gasteiger partial charge in [-0.05, 0) is 51.0 Å². The number of ether oxygens (including phenoxy) is 1. The number of carbonyl (C=O) groups excluding carboxylic acids is 2. The van der Waals surface area contributed by atoms with Crippen LogP contribution in [-0.4, -0.2) is 39.7 Å². The van der Waals surface area contributed by atoms with Gasteiger partial charge >= 0.3 is 0 Å². The summed E-state index contributed by atoms with van der Waals surface area (Å²) < 4.78 is 7.88. The molecule has 1 aliphatic heterocycles. The second-order valence-corrected chi connectivity index (χ2v) is 9.41. The number of pyridine rings is 1. The molecule has 4 rings (SSSR count). The second kappa shape index (κ2) is 10.8. The third-order valence-electron chi connectivity index (χ3n) is 6.04. The van der Waals surface area contributed by atoms with Gasteiger partial charge < -0.3 is 20.4 Å². The number of carbonyl (C=O) groups is 2. The van der Waals surface area contributed by atoms with Crippen LogP contribution in [0.5, 0.6) is 0 Å². The molecule has 2 aromatic heterocycles. The number of benzene rings is 1. The number of nitriles is 1. The van der Waals surface area contributed by atoms with Crippen LogP contribution in [0.4, 0.5) is 11.5 Å². The number of hydrogen-bond donors (Lipinski definition) is 2. The zero-order valence-corrected chi connectivity index (χ0v) is 20.5. The average molecular weight is 490 g/mol. The SMILES string of the molecule is Cc1cc(C(=O)CSc2nc(N)c(C(=O)Nc3ccccc3)cc2C#N)c(C)n1CC1CCCO1. The fraction of sp³-hybridized carbons (Fsp3) is 0.308. The summed E-state index contributed by atoms with van der Waals surface area (Å²) in [5, 5.41) is 12.7. The number of Topliss-reactive ketones (excluding diaryl/α,β-unsaturated/α-hetero) is 1. The minimum atomic E-state index is -0.455. The van der Waals surface area contributed by atoms with E-state index in [1.807, 2.05) is 26.0 Å². The molecule has 9 heteroatoms. The highest BCUT2D eigenvalue weighted by molar-refractivity contribution is 8.00. The van der Waals surface area contributed by atoms with Gasteiger partial charge in [0.25, 0.3) is 5.91 Å². The van der Waals surface area contributed by atoms with Crippen molar-refractivity contribution in [2.24, 2.45) is 0 Å². The van der Waals surface area contributed by atoms with E-state index in [0.29, 0.717) is 16.3 Å². The Balaban J connectivity index is 1.47. The molecule has 1 unspecified atom stereocenters. The van der Waals surface area contributed by atoms with Crippen molar-refractivity contribution >= 4 is 35.0 Å². The summed E-state index contributed by atoms with van der Waals surface area (Å²) in [6.07, 6.45) is 2.27. The number of ketones is 1. The van der Waals surface area contributed by atoms with Gasteiger partial charge in [0, 0.05) is 35.8 Å². The summed E-state index contributed by atoms with van der Waals surface area (Å²) >= 11 is 1.14. The molecule has 0 bridgehead atoms. The van der Waals surface area contributed by atoms with Gasteiger partial charge in [0.15, 0.2) is 5.78 Å². The minimum absolute atomic E-state index is 0.00196. The highest BCUT2D eigenvalue weighted by Gasteiger charge is 2.22. The monoisotopic (exact) mass is 489 g/mol. The van der Waals surface area contributed by atoms with E-state index in [-0.39, 0.29) is 34.6 Å². The van der Waals surface area contributed by atoms with Crippen molar-refractivity contribution in [3.63, 3.8) is 0 Å². The lowest BCUT2D eigenvalue weighted by atomic mass is 10.1. The Bertz CT molecular complexity index is 1290. The Morgan fingerprint density at radius 3 is 2.71 bits per heavy atom. The number of nitrogens with one attached hydrogen (secondary N) is 1. The molecule has 1 atom stereocenters. The summed E-state index contributed by atoms with van der Waals surface area (Å²) in [6, 6.07) is 14.3. The number of aromatic nitrogens is 2. The summed E-state index contributed by atoms with van der Waals surface area (Å²) in [5.74, 6) is -0.413. The number of anilines is 2. The predicted molar refractivity (Wildman–Crippen MR) is 136 cm³/mol. The molecule has 35 heavy (non-hydrogen) atoms. The van der Waals surface area contributed by atoms with Gasteiger partial charge in [0.2, 0.25) is 0 Å². The van der Waals surface area contributed by atoms with E-state index < -0.39 is 5.91 Å². The maximum absolute atomic E-state index is 13.0. The number of nitrogens with zero attached hydrogens (tertiary/aromatic N) is 3. The smallest absolute Gasteiger partial charge is 0.259 e. The topological polar surface area (TPSA) is 123 Å². The fourth-order valence-corrected chi connectivity index (χ4v) is 5.02. The maximum Gasteiger partial charge on any atom is 0.259 e. The third kappa shape index (κ3) is 5.56. The van der Waals surface area contributed by atoms with Gasteiger partial charge in [0.05, 0.1) is 23.0 Å². The Morgan fingerprint density at radius 1 is 1.26 bits per heavy atom. The molecule has 3 aromatic rings. The van der Waals surface area contributed by atoms with Crippen LogP contribution in [0.3, 0.4) is 0 Å². The van der Waals surface area contributed by atoms with E-state index in [2.05, 4.69) is 20.9 Å². The Hall–Kier alpha value is -3.61. The number of para-hydroxylation sites is 1. The van der Waals surface area contributed by atoms with E-state index in [4.69, 9.17) is 10.5 Å². The number of amides is 1. The Labute approximate surface area is 208 Å². The molecule has 1 amide bonds. The molecule has 0 saturated carbocycles. The molecule has 180 valence electrons. The van der Waals surface area contributed by atoms with Crippen LogP contribution in [0.25, 0.3) is 0 Å². The van der Waals surface area contributed by atoms with E-state index in [1.165, 1.54) is 6.07 Å². The summed E-state index contributed by atoms with van der Waals surface area (Å²) in [6.45, 7) is 5.45. The molecule has 3 N–H and O–H groups in total. The van der Waals surface area contributed by atoms with E-state index >= 15 is 0 Å². The van der Waals surface area contributed by atoms with Crippen LogP contribution >= 0.6 is 11.8 Å². The quantitative estimate of drug-likeness (QED) is 0.356. The van der Waals surface area contributed by atoms with Gasteiger partial charge in [-0.25, -0.2) is 4.98 Å². The van der Waals surface area contributed by atoms with Gasteiger partial charge in [-0.1, -0.05) is 30.0 Å². The number of rotatable bonds is 8. The first-order chi connectivity index (χ1) is 16.9. The molecule has 3 heterocycles. The van der Waals surface area contributed by atoms with Crippen molar-refractivity contribution in [2.45, 2.75) is 44.4 Å². The van der Waals surface area contributed by atoms with Crippen LogP contribution in [-0.2, 0) is 11.3 Å². The molecule has 1 aromatic carbocycles. The molecule has 8 nitrogen and oxygen atoms in total. The Morgan fingerprint density at radius 2 is 2.03 bits per heavy atom. The van der Waals surface area contributed by atoms with Crippen LogP contribution in [0.1, 0.15) is 50.5 Å². The zero-order valence-electron chi connectivity index (χ0n) is 19.7. The summed E-state index contributed by atoms with van der Waals surface area (Å²) in [7, 11) is 0. The molecule has 1 fully saturated rings. The number of aryl methyl sites for hydroxylation is 1. The lowest BCUT2D eigenvalue weighted by molar-refractivity contribution is 0.0957. The molecule has 1 aliphatic rings. The fourth-order valence-electron chi connectivity index (χ4n) is 4.17. The first-order valence-corrected chi connectivity index (χ1v) is 12.4. The average Bonchev–Trinajstić information content (AvgIpc) is 3.47. The van der Waals surface area contributed by atoms with Crippen molar-refractivity contribution in [3.05, 3.63) is 70.5 Å².